The first-order valence-corrected chi connectivity index (χ1v) is 11.3. The van der Waals surface area contributed by atoms with Crippen LogP contribution in [-0.2, 0) is 12.8 Å². The lowest BCUT2D eigenvalue weighted by atomic mass is 10.1. The van der Waals surface area contributed by atoms with Crippen LogP contribution in [0, 0.1) is 12.7 Å². The average Bonchev–Trinajstić information content (AvgIpc) is 3.35. The van der Waals surface area contributed by atoms with Gasteiger partial charge in [-0.1, -0.05) is 35.5 Å². The molecule has 5 nitrogen and oxygen atoms in total. The van der Waals surface area contributed by atoms with Crippen LogP contribution in [0.1, 0.15) is 30.1 Å². The fraction of sp³-hybridized carbons (Fsp3) is 0.227. The Hall–Kier alpha value is -2.71. The Kier molecular flexibility index (Phi) is 6.15. The summed E-state index contributed by atoms with van der Waals surface area (Å²) in [6.07, 6.45) is -0.311. The first kappa shape index (κ1) is 20.6. The van der Waals surface area contributed by atoms with Gasteiger partial charge in [-0.15, -0.1) is 21.5 Å². The van der Waals surface area contributed by atoms with E-state index in [0.717, 1.165) is 21.4 Å². The Balaban J connectivity index is 1.40. The molecule has 30 heavy (non-hydrogen) atoms. The van der Waals surface area contributed by atoms with Crippen LogP contribution in [0.2, 0.25) is 0 Å². The molecule has 0 spiro atoms. The summed E-state index contributed by atoms with van der Waals surface area (Å²) in [5.74, 6) is 1.72. The Morgan fingerprint density at radius 2 is 1.97 bits per heavy atom. The maximum absolute atomic E-state index is 13.1. The van der Waals surface area contributed by atoms with Crippen molar-refractivity contribution in [1.29, 1.82) is 0 Å². The van der Waals surface area contributed by atoms with Gasteiger partial charge in [0.25, 0.3) is 0 Å². The molecule has 4 rings (SSSR count). The lowest BCUT2D eigenvalue weighted by molar-refractivity contribution is 0.211. The van der Waals surface area contributed by atoms with Gasteiger partial charge in [0.15, 0.2) is 17.1 Å². The largest absolute Gasteiger partial charge is 0.483 e. The van der Waals surface area contributed by atoms with Gasteiger partial charge in [0.1, 0.15) is 16.6 Å². The van der Waals surface area contributed by atoms with Crippen LogP contribution in [0.3, 0.4) is 0 Å². The summed E-state index contributed by atoms with van der Waals surface area (Å²) >= 11 is 3.24. The summed E-state index contributed by atoms with van der Waals surface area (Å²) < 4.78 is 20.9. The number of thioether (sulfide) groups is 1. The molecule has 0 bridgehead atoms. The predicted molar refractivity (Wildman–Crippen MR) is 118 cm³/mol. The van der Waals surface area contributed by atoms with E-state index in [-0.39, 0.29) is 11.9 Å². The summed E-state index contributed by atoms with van der Waals surface area (Å²) in [5, 5.41) is 12.5. The minimum Gasteiger partial charge on any atom is -0.483 e. The molecule has 0 radical (unpaired) electrons. The molecule has 0 saturated heterocycles. The molecule has 1 atom stereocenters. The second-order valence-corrected chi connectivity index (χ2v) is 8.72. The summed E-state index contributed by atoms with van der Waals surface area (Å²) in [6, 6.07) is 14.3. The van der Waals surface area contributed by atoms with Crippen molar-refractivity contribution >= 4 is 23.1 Å². The molecule has 4 aromatic rings. The molecule has 0 aliphatic heterocycles. The number of thiazole rings is 1. The number of hydrogen-bond donors (Lipinski definition) is 0. The molecule has 2 aromatic carbocycles. The molecular weight excluding hydrogens is 419 g/mol. The first-order valence-electron chi connectivity index (χ1n) is 9.45. The van der Waals surface area contributed by atoms with Gasteiger partial charge < -0.3 is 9.30 Å². The van der Waals surface area contributed by atoms with E-state index >= 15 is 0 Å². The fourth-order valence-corrected chi connectivity index (χ4v) is 4.73. The number of hydrogen-bond acceptors (Lipinski definition) is 6. The fourth-order valence-electron chi connectivity index (χ4n) is 3.00. The van der Waals surface area contributed by atoms with Crippen molar-refractivity contribution in [2.75, 3.05) is 0 Å². The zero-order chi connectivity index (χ0) is 21.1. The van der Waals surface area contributed by atoms with Crippen LogP contribution < -0.4 is 4.74 Å². The van der Waals surface area contributed by atoms with Crippen molar-refractivity contribution in [1.82, 2.24) is 19.7 Å². The van der Waals surface area contributed by atoms with E-state index in [9.17, 15) is 4.39 Å². The number of aryl methyl sites for hydroxylation is 1. The number of rotatable bonds is 7. The molecule has 0 fully saturated rings. The highest BCUT2D eigenvalue weighted by atomic mass is 32.2. The first-order chi connectivity index (χ1) is 14.5. The van der Waals surface area contributed by atoms with Crippen LogP contribution in [0.4, 0.5) is 4.39 Å². The minimum atomic E-state index is -0.311. The van der Waals surface area contributed by atoms with Crippen molar-refractivity contribution in [3.8, 4) is 16.3 Å². The molecule has 154 valence electrons. The third kappa shape index (κ3) is 4.71. The van der Waals surface area contributed by atoms with Gasteiger partial charge in [-0.05, 0) is 44.2 Å². The minimum absolute atomic E-state index is 0.292. The third-order valence-electron chi connectivity index (χ3n) is 4.52. The second-order valence-electron chi connectivity index (χ2n) is 6.92. The van der Waals surface area contributed by atoms with E-state index in [0.29, 0.717) is 17.3 Å². The van der Waals surface area contributed by atoms with E-state index < -0.39 is 0 Å². The van der Waals surface area contributed by atoms with Gasteiger partial charge >= 0.3 is 0 Å². The second kappa shape index (κ2) is 8.97. The van der Waals surface area contributed by atoms with Crippen LogP contribution in [-0.4, -0.2) is 19.7 Å². The maximum Gasteiger partial charge on any atom is 0.191 e. The smallest absolute Gasteiger partial charge is 0.191 e. The zero-order valence-corrected chi connectivity index (χ0v) is 18.5. The van der Waals surface area contributed by atoms with Gasteiger partial charge in [0, 0.05) is 23.7 Å². The van der Waals surface area contributed by atoms with E-state index in [4.69, 9.17) is 9.72 Å². The molecule has 2 aromatic heterocycles. The van der Waals surface area contributed by atoms with E-state index in [1.807, 2.05) is 18.5 Å². The lowest BCUT2D eigenvalue weighted by Crippen LogP contribution is -2.10. The van der Waals surface area contributed by atoms with E-state index in [1.165, 1.54) is 17.7 Å². The Morgan fingerprint density at radius 3 is 2.73 bits per heavy atom. The van der Waals surface area contributed by atoms with Crippen LogP contribution in [0.5, 0.6) is 5.75 Å². The normalized spacial score (nSPS) is 12.1. The van der Waals surface area contributed by atoms with Gasteiger partial charge in [-0.3, -0.25) is 0 Å². The van der Waals surface area contributed by atoms with Gasteiger partial charge in [-0.25, -0.2) is 9.37 Å². The van der Waals surface area contributed by atoms with Gasteiger partial charge in [0.2, 0.25) is 0 Å². The van der Waals surface area contributed by atoms with Crippen LogP contribution in [0.15, 0.2) is 59.1 Å². The third-order valence-corrected chi connectivity index (χ3v) is 6.52. The summed E-state index contributed by atoms with van der Waals surface area (Å²) in [7, 11) is 1.92. The van der Waals surface area contributed by atoms with Gasteiger partial charge in [-0.2, -0.15) is 0 Å². The van der Waals surface area contributed by atoms with E-state index in [2.05, 4.69) is 46.8 Å². The Labute approximate surface area is 183 Å². The highest BCUT2D eigenvalue weighted by molar-refractivity contribution is 7.98. The molecule has 8 heteroatoms. The summed E-state index contributed by atoms with van der Waals surface area (Å²) in [4.78, 5) is 4.76. The predicted octanol–water partition coefficient (Wildman–Crippen LogP) is 5.82. The Bertz CT molecular complexity index is 1140. The molecule has 0 amide bonds. The van der Waals surface area contributed by atoms with Crippen molar-refractivity contribution in [2.24, 2.45) is 7.05 Å². The standard InChI is InChI=1S/C22H21FN4OS2/c1-14-5-4-6-16(11-14)21-24-18(12-29-21)13-30-22-26-25-20(27(22)3)15(2)28-19-9-7-17(23)8-10-19/h4-12,15H,13H2,1-3H3. The number of aromatic nitrogens is 4. The molecular formula is C22H21FN4OS2. The van der Waals surface area contributed by atoms with Crippen molar-refractivity contribution < 1.29 is 9.13 Å². The number of nitrogens with zero attached hydrogens (tertiary/aromatic N) is 4. The molecule has 0 aliphatic rings. The molecule has 1 unspecified atom stereocenters. The van der Waals surface area contributed by atoms with Gasteiger partial charge in [0.05, 0.1) is 5.69 Å². The number of ether oxygens (including phenoxy) is 1. The molecule has 0 N–H and O–H groups in total. The summed E-state index contributed by atoms with van der Waals surface area (Å²) in [5.41, 5.74) is 3.38. The van der Waals surface area contributed by atoms with Crippen molar-refractivity contribution in [3.63, 3.8) is 0 Å². The topological polar surface area (TPSA) is 52.8 Å². The highest BCUT2D eigenvalue weighted by Crippen LogP contribution is 2.29. The molecule has 0 aliphatic carbocycles. The van der Waals surface area contributed by atoms with Crippen LogP contribution >= 0.6 is 23.1 Å². The maximum atomic E-state index is 13.1. The van der Waals surface area contributed by atoms with Crippen LogP contribution in [0.25, 0.3) is 10.6 Å². The SMILES string of the molecule is Cc1cccc(-c2nc(CSc3nnc(C(C)Oc4ccc(F)cc4)n3C)cs2)c1. The molecule has 2 heterocycles. The van der Waals surface area contributed by atoms with E-state index in [1.54, 1.807) is 35.2 Å². The van der Waals surface area contributed by atoms with Crippen molar-refractivity contribution in [2.45, 2.75) is 30.9 Å². The Morgan fingerprint density at radius 1 is 1.17 bits per heavy atom. The zero-order valence-electron chi connectivity index (χ0n) is 16.9. The average molecular weight is 441 g/mol. The lowest BCUT2D eigenvalue weighted by Gasteiger charge is -2.14. The quantitative estimate of drug-likeness (QED) is 0.339. The monoisotopic (exact) mass is 440 g/mol. The number of halogens is 1. The number of benzene rings is 2. The summed E-state index contributed by atoms with van der Waals surface area (Å²) in [6.45, 7) is 3.98. The highest BCUT2D eigenvalue weighted by Gasteiger charge is 2.18. The van der Waals surface area contributed by atoms with Crippen molar-refractivity contribution in [3.05, 3.63) is 76.8 Å². The molecule has 0 saturated carbocycles.